The fraction of sp³-hybridized carbons (Fsp3) is 0.889. The Bertz CT molecular complexity index is 121. The van der Waals surface area contributed by atoms with E-state index in [1.165, 1.54) is 0 Å². The number of nitrogens with one attached hydrogen (secondary N) is 1. The Balaban J connectivity index is -0.000000117. The van der Waals surface area contributed by atoms with Crippen LogP contribution < -0.4 is 11.1 Å². The maximum absolute atomic E-state index is 10.6. The predicted molar refractivity (Wildman–Crippen MR) is 57.1 cm³/mol. The number of likely N-dealkylation sites (N-methyl/N-ethyl adjacent to an activating group) is 1. The first-order chi connectivity index (χ1) is 5.57. The molecule has 3 heteroatoms. The second-order valence-corrected chi connectivity index (χ2v) is 2.87. The molecular formula is C9H26N2O. The summed E-state index contributed by atoms with van der Waals surface area (Å²) >= 11 is 0. The van der Waals surface area contributed by atoms with Crippen LogP contribution in [-0.4, -0.2) is 19.0 Å². The van der Waals surface area contributed by atoms with E-state index in [-0.39, 0.29) is 14.8 Å². The largest absolute Gasteiger partial charge is 0.368 e. The molecule has 1 unspecified atom stereocenters. The van der Waals surface area contributed by atoms with Crippen LogP contribution in [0.25, 0.3) is 0 Å². The van der Waals surface area contributed by atoms with Gasteiger partial charge in [-0.05, 0) is 19.4 Å². The summed E-state index contributed by atoms with van der Waals surface area (Å²) in [5.74, 6) is 0.237. The molecule has 0 saturated carbocycles. The molecule has 3 N–H and O–H groups in total. The Hall–Kier alpha value is -0.570. The van der Waals surface area contributed by atoms with Gasteiger partial charge in [-0.1, -0.05) is 27.7 Å². The molecule has 0 aliphatic heterocycles. The zero-order chi connectivity index (χ0) is 10.1. The van der Waals surface area contributed by atoms with E-state index in [9.17, 15) is 4.79 Å². The third kappa shape index (κ3) is 7.54. The number of carbonyl (C=O) groups is 1. The van der Waals surface area contributed by atoms with Gasteiger partial charge < -0.3 is 11.1 Å². The Kier molecular flexibility index (Phi) is 9.93. The Morgan fingerprint density at radius 1 is 1.50 bits per heavy atom. The van der Waals surface area contributed by atoms with Crippen LogP contribution in [0.5, 0.6) is 0 Å². The lowest BCUT2D eigenvalue weighted by atomic mass is 10.0. The number of nitrogens with two attached hydrogens (primary N) is 1. The summed E-state index contributed by atoms with van der Waals surface area (Å²) in [6.07, 6.45) is 0.811. The maximum Gasteiger partial charge on any atom is 0.234 e. The van der Waals surface area contributed by atoms with Gasteiger partial charge in [0.25, 0.3) is 0 Å². The van der Waals surface area contributed by atoms with Gasteiger partial charge in [0.05, 0.1) is 6.04 Å². The van der Waals surface area contributed by atoms with E-state index in [4.69, 9.17) is 5.73 Å². The highest BCUT2D eigenvalue weighted by Crippen LogP contribution is 2.02. The van der Waals surface area contributed by atoms with Crippen LogP contribution in [0.1, 0.15) is 37.0 Å². The molecule has 78 valence electrons. The molecule has 0 spiro atoms. The number of amides is 1. The van der Waals surface area contributed by atoms with Crippen molar-refractivity contribution in [1.29, 1.82) is 0 Å². The van der Waals surface area contributed by atoms with Crippen LogP contribution in [0.15, 0.2) is 0 Å². The molecule has 0 aromatic carbocycles. The van der Waals surface area contributed by atoms with E-state index >= 15 is 0 Å². The van der Waals surface area contributed by atoms with Gasteiger partial charge in [0, 0.05) is 2.85 Å². The Morgan fingerprint density at radius 2 is 1.92 bits per heavy atom. The van der Waals surface area contributed by atoms with Crippen LogP contribution >= 0.6 is 0 Å². The summed E-state index contributed by atoms with van der Waals surface area (Å²) < 4.78 is 0. The predicted octanol–water partition coefficient (Wildman–Crippen LogP) is 1.62. The lowest BCUT2D eigenvalue weighted by Gasteiger charge is -2.13. The van der Waals surface area contributed by atoms with Crippen molar-refractivity contribution in [1.82, 2.24) is 5.32 Å². The highest BCUT2D eigenvalue weighted by Gasteiger charge is 2.13. The van der Waals surface area contributed by atoms with Crippen molar-refractivity contribution < 1.29 is 7.65 Å². The molecule has 0 bridgehead atoms. The topological polar surface area (TPSA) is 55.1 Å². The fourth-order valence-electron chi connectivity index (χ4n) is 0.848. The summed E-state index contributed by atoms with van der Waals surface area (Å²) in [6, 6.07) is -0.167. The van der Waals surface area contributed by atoms with E-state index in [1.54, 1.807) is 7.05 Å². The van der Waals surface area contributed by atoms with Crippen molar-refractivity contribution in [3.8, 4) is 0 Å². The van der Waals surface area contributed by atoms with Crippen LogP contribution in [0.4, 0.5) is 0 Å². The fourth-order valence-corrected chi connectivity index (χ4v) is 0.848. The van der Waals surface area contributed by atoms with Crippen molar-refractivity contribution in [3.63, 3.8) is 0 Å². The third-order valence-corrected chi connectivity index (χ3v) is 1.40. The van der Waals surface area contributed by atoms with E-state index in [0.717, 1.165) is 6.42 Å². The Morgan fingerprint density at radius 3 is 2.00 bits per heavy atom. The standard InChI is InChI=1S/C7H16N2O.C2H6.2H2/c1-5(2)4-6(9-3)7(8)10;1-2;;/h5-6,9H,4H2,1-3H3,(H2,8,10);1-2H3;2*1H. The maximum atomic E-state index is 10.6. The monoisotopic (exact) mass is 178 g/mol. The molecule has 0 rings (SSSR count). The van der Waals surface area contributed by atoms with Crippen molar-refractivity contribution in [2.24, 2.45) is 11.7 Å². The van der Waals surface area contributed by atoms with Crippen molar-refractivity contribution >= 4 is 5.91 Å². The lowest BCUT2D eigenvalue weighted by molar-refractivity contribution is -0.120. The van der Waals surface area contributed by atoms with E-state index < -0.39 is 0 Å². The first-order valence-electron chi connectivity index (χ1n) is 4.54. The zero-order valence-corrected chi connectivity index (χ0v) is 8.85. The van der Waals surface area contributed by atoms with Gasteiger partial charge in [-0.2, -0.15) is 0 Å². The molecule has 1 atom stereocenters. The quantitative estimate of drug-likeness (QED) is 0.687. The SMILES string of the molecule is CC.CNC(CC(C)C)C(N)=O.[HH].[HH]. The zero-order valence-electron chi connectivity index (χ0n) is 8.85. The first-order valence-corrected chi connectivity index (χ1v) is 4.54. The normalized spacial score (nSPS) is 11.8. The number of primary amides is 1. The first kappa shape index (κ1) is 14.0. The van der Waals surface area contributed by atoms with Crippen molar-refractivity contribution in [3.05, 3.63) is 0 Å². The second kappa shape index (κ2) is 8.53. The summed E-state index contributed by atoms with van der Waals surface area (Å²) in [4.78, 5) is 10.6. The summed E-state index contributed by atoms with van der Waals surface area (Å²) in [7, 11) is 1.75. The van der Waals surface area contributed by atoms with Crippen molar-refractivity contribution in [2.75, 3.05) is 7.05 Å². The molecule has 0 fully saturated rings. The molecule has 0 heterocycles. The number of hydrogen-bond donors (Lipinski definition) is 2. The minimum Gasteiger partial charge on any atom is -0.368 e. The van der Waals surface area contributed by atoms with E-state index in [0.29, 0.717) is 5.92 Å². The second-order valence-electron chi connectivity index (χ2n) is 2.87. The highest BCUT2D eigenvalue weighted by molar-refractivity contribution is 5.79. The van der Waals surface area contributed by atoms with Gasteiger partial charge in [-0.25, -0.2) is 0 Å². The van der Waals surface area contributed by atoms with Crippen LogP contribution in [0.2, 0.25) is 0 Å². The minimum atomic E-state index is -0.267. The molecular weight excluding hydrogens is 152 g/mol. The summed E-state index contributed by atoms with van der Waals surface area (Å²) in [6.45, 7) is 8.13. The average Bonchev–Trinajstić information content (AvgIpc) is 2.03. The number of rotatable bonds is 4. The molecule has 0 radical (unpaired) electrons. The molecule has 0 aliphatic carbocycles. The van der Waals surface area contributed by atoms with Crippen LogP contribution in [-0.2, 0) is 4.79 Å². The Labute approximate surface area is 78.7 Å². The number of hydrogen-bond acceptors (Lipinski definition) is 2. The molecule has 12 heavy (non-hydrogen) atoms. The minimum absolute atomic E-state index is 0. The lowest BCUT2D eigenvalue weighted by Crippen LogP contribution is -2.39. The molecule has 0 aromatic rings. The molecule has 0 saturated heterocycles. The van der Waals surface area contributed by atoms with Gasteiger partial charge in [0.15, 0.2) is 0 Å². The van der Waals surface area contributed by atoms with Gasteiger partial charge in [0.2, 0.25) is 5.91 Å². The summed E-state index contributed by atoms with van der Waals surface area (Å²) in [5.41, 5.74) is 5.09. The summed E-state index contributed by atoms with van der Waals surface area (Å²) in [5, 5.41) is 2.86. The smallest absolute Gasteiger partial charge is 0.234 e. The van der Waals surface area contributed by atoms with Crippen LogP contribution in [0, 0.1) is 5.92 Å². The van der Waals surface area contributed by atoms with Gasteiger partial charge in [-0.15, -0.1) is 0 Å². The molecule has 3 nitrogen and oxygen atoms in total. The van der Waals surface area contributed by atoms with Crippen LogP contribution in [0.3, 0.4) is 0 Å². The molecule has 1 amide bonds. The molecule has 0 aliphatic rings. The van der Waals surface area contributed by atoms with Gasteiger partial charge in [0.1, 0.15) is 0 Å². The van der Waals surface area contributed by atoms with E-state index in [2.05, 4.69) is 19.2 Å². The number of carbonyl (C=O) groups excluding carboxylic acids is 1. The van der Waals surface area contributed by atoms with E-state index in [1.807, 2.05) is 13.8 Å². The average molecular weight is 178 g/mol. The highest BCUT2D eigenvalue weighted by atomic mass is 16.1. The molecule has 0 aromatic heterocycles. The third-order valence-electron chi connectivity index (χ3n) is 1.40. The van der Waals surface area contributed by atoms with Crippen molar-refractivity contribution in [2.45, 2.75) is 40.2 Å². The van der Waals surface area contributed by atoms with Gasteiger partial charge in [-0.3, -0.25) is 4.79 Å². The van der Waals surface area contributed by atoms with Gasteiger partial charge >= 0.3 is 0 Å².